The molecule has 0 aliphatic heterocycles. The van der Waals surface area contributed by atoms with Crippen molar-refractivity contribution in [3.63, 3.8) is 0 Å². The van der Waals surface area contributed by atoms with E-state index in [2.05, 4.69) is 4.98 Å². The number of halogens is 3. The van der Waals surface area contributed by atoms with Crippen LogP contribution in [0.15, 0.2) is 30.3 Å². The van der Waals surface area contributed by atoms with E-state index in [4.69, 9.17) is 0 Å². The van der Waals surface area contributed by atoms with Gasteiger partial charge in [0.1, 0.15) is 5.82 Å². The van der Waals surface area contributed by atoms with Crippen LogP contribution in [0, 0.1) is 0 Å². The zero-order valence-corrected chi connectivity index (χ0v) is 10.1. The number of aromatic nitrogens is 1. The largest absolute Gasteiger partial charge is 0.416 e. The van der Waals surface area contributed by atoms with Gasteiger partial charge in [0.2, 0.25) is 0 Å². The molecule has 2 rings (SSSR count). The maximum absolute atomic E-state index is 12.5. The van der Waals surface area contributed by atoms with Crippen molar-refractivity contribution >= 4 is 16.7 Å². The van der Waals surface area contributed by atoms with E-state index in [9.17, 15) is 13.2 Å². The Kier molecular flexibility index (Phi) is 3.15. The van der Waals surface area contributed by atoms with Gasteiger partial charge in [-0.25, -0.2) is 4.98 Å². The number of hydrogen-bond donors (Lipinski definition) is 0. The molecule has 0 unspecified atom stereocenters. The molecule has 0 spiro atoms. The van der Waals surface area contributed by atoms with Crippen LogP contribution in [0.25, 0.3) is 10.9 Å². The van der Waals surface area contributed by atoms with Gasteiger partial charge in [0.25, 0.3) is 0 Å². The van der Waals surface area contributed by atoms with Crippen molar-refractivity contribution in [2.45, 2.75) is 13.1 Å². The molecule has 1 aromatic heterocycles. The summed E-state index contributed by atoms with van der Waals surface area (Å²) in [5.41, 5.74) is -0.0748. The number of pyridine rings is 1. The standard InChI is InChI=1S/C13H13F3N2/c1-3-18(2)12-7-4-9-8-10(13(14,15)16)5-6-11(9)17-12/h4-8H,3H2,1-2H3. The third-order valence-electron chi connectivity index (χ3n) is 2.87. The maximum Gasteiger partial charge on any atom is 0.416 e. The summed E-state index contributed by atoms with van der Waals surface area (Å²) in [6.45, 7) is 2.78. The molecule has 18 heavy (non-hydrogen) atoms. The second-order valence-electron chi connectivity index (χ2n) is 4.09. The number of nitrogens with zero attached hydrogens (tertiary/aromatic N) is 2. The Morgan fingerprint density at radius 3 is 2.50 bits per heavy atom. The van der Waals surface area contributed by atoms with Gasteiger partial charge in [-0.2, -0.15) is 13.2 Å². The second kappa shape index (κ2) is 4.48. The summed E-state index contributed by atoms with van der Waals surface area (Å²) >= 11 is 0. The molecule has 0 amide bonds. The lowest BCUT2D eigenvalue weighted by Crippen LogP contribution is -2.16. The fourth-order valence-electron chi connectivity index (χ4n) is 1.67. The highest BCUT2D eigenvalue weighted by molar-refractivity contribution is 5.81. The SMILES string of the molecule is CCN(C)c1ccc2cc(C(F)(F)F)ccc2n1. The third-order valence-corrected chi connectivity index (χ3v) is 2.87. The lowest BCUT2D eigenvalue weighted by Gasteiger charge is -2.16. The predicted molar refractivity (Wildman–Crippen MR) is 65.7 cm³/mol. The Hall–Kier alpha value is -1.78. The second-order valence-corrected chi connectivity index (χ2v) is 4.09. The molecule has 2 aromatic rings. The van der Waals surface area contributed by atoms with E-state index >= 15 is 0 Å². The molecule has 2 nitrogen and oxygen atoms in total. The number of benzene rings is 1. The van der Waals surface area contributed by atoms with Crippen molar-refractivity contribution < 1.29 is 13.2 Å². The molecule has 96 valence electrons. The van der Waals surface area contributed by atoms with Crippen molar-refractivity contribution in [3.8, 4) is 0 Å². The molecule has 0 aliphatic rings. The quantitative estimate of drug-likeness (QED) is 0.812. The number of anilines is 1. The minimum atomic E-state index is -4.31. The first-order valence-electron chi connectivity index (χ1n) is 5.61. The summed E-state index contributed by atoms with van der Waals surface area (Å²) in [5.74, 6) is 0.754. The smallest absolute Gasteiger partial charge is 0.360 e. The molecule has 0 saturated carbocycles. The van der Waals surface area contributed by atoms with Crippen LogP contribution in [0.4, 0.5) is 19.0 Å². The first-order chi connectivity index (χ1) is 8.41. The molecule has 0 atom stereocenters. The van der Waals surface area contributed by atoms with Crippen LogP contribution in [0.2, 0.25) is 0 Å². The van der Waals surface area contributed by atoms with Crippen LogP contribution in [0.5, 0.6) is 0 Å². The van der Waals surface area contributed by atoms with Gasteiger partial charge < -0.3 is 4.90 Å². The fourth-order valence-corrected chi connectivity index (χ4v) is 1.67. The Labute approximate surface area is 103 Å². The number of alkyl halides is 3. The van der Waals surface area contributed by atoms with Gasteiger partial charge in [0.15, 0.2) is 0 Å². The zero-order valence-electron chi connectivity index (χ0n) is 10.1. The summed E-state index contributed by atoms with van der Waals surface area (Å²) < 4.78 is 37.6. The first-order valence-corrected chi connectivity index (χ1v) is 5.61. The average molecular weight is 254 g/mol. The lowest BCUT2D eigenvalue weighted by atomic mass is 10.1. The van der Waals surface area contributed by atoms with Crippen molar-refractivity contribution in [1.29, 1.82) is 0 Å². The van der Waals surface area contributed by atoms with Gasteiger partial charge in [0, 0.05) is 19.0 Å². The van der Waals surface area contributed by atoms with Crippen LogP contribution in [0.3, 0.4) is 0 Å². The number of fused-ring (bicyclic) bond motifs is 1. The molecule has 1 heterocycles. The molecular weight excluding hydrogens is 241 g/mol. The topological polar surface area (TPSA) is 16.1 Å². The van der Waals surface area contributed by atoms with Crippen LogP contribution >= 0.6 is 0 Å². The van der Waals surface area contributed by atoms with E-state index < -0.39 is 11.7 Å². The Morgan fingerprint density at radius 1 is 1.17 bits per heavy atom. The Balaban J connectivity index is 2.49. The highest BCUT2D eigenvalue weighted by Gasteiger charge is 2.30. The summed E-state index contributed by atoms with van der Waals surface area (Å²) in [7, 11) is 1.89. The molecular formula is C13H13F3N2. The lowest BCUT2D eigenvalue weighted by molar-refractivity contribution is -0.137. The van der Waals surface area contributed by atoms with Crippen molar-refractivity contribution in [2.75, 3.05) is 18.5 Å². The summed E-state index contributed by atoms with van der Waals surface area (Å²) in [5, 5.41) is 0.498. The number of rotatable bonds is 2. The van der Waals surface area contributed by atoms with E-state index in [1.807, 2.05) is 18.9 Å². The molecule has 0 bridgehead atoms. The maximum atomic E-state index is 12.5. The van der Waals surface area contributed by atoms with Crippen molar-refractivity contribution in [2.24, 2.45) is 0 Å². The van der Waals surface area contributed by atoms with Gasteiger partial charge in [0.05, 0.1) is 11.1 Å². The molecule has 0 aliphatic carbocycles. The zero-order chi connectivity index (χ0) is 13.3. The van der Waals surface area contributed by atoms with Gasteiger partial charge >= 0.3 is 6.18 Å². The van der Waals surface area contributed by atoms with Crippen LogP contribution in [-0.2, 0) is 6.18 Å². The van der Waals surface area contributed by atoms with E-state index in [0.29, 0.717) is 10.9 Å². The molecule has 0 fully saturated rings. The minimum Gasteiger partial charge on any atom is -0.360 e. The summed E-state index contributed by atoms with van der Waals surface area (Å²) in [4.78, 5) is 6.26. The highest BCUT2D eigenvalue weighted by Crippen LogP contribution is 2.31. The van der Waals surface area contributed by atoms with E-state index in [-0.39, 0.29) is 0 Å². The van der Waals surface area contributed by atoms with Crippen LogP contribution in [0.1, 0.15) is 12.5 Å². The van der Waals surface area contributed by atoms with Crippen molar-refractivity contribution in [3.05, 3.63) is 35.9 Å². The fraction of sp³-hybridized carbons (Fsp3) is 0.308. The summed E-state index contributed by atoms with van der Waals surface area (Å²) in [6, 6.07) is 6.99. The first kappa shape index (κ1) is 12.7. The molecule has 5 heteroatoms. The van der Waals surface area contributed by atoms with Gasteiger partial charge in [-0.05, 0) is 37.3 Å². The van der Waals surface area contributed by atoms with Gasteiger partial charge in [-0.1, -0.05) is 0 Å². The van der Waals surface area contributed by atoms with E-state index in [1.165, 1.54) is 6.07 Å². The van der Waals surface area contributed by atoms with Gasteiger partial charge in [-0.3, -0.25) is 0 Å². The average Bonchev–Trinajstić information content (AvgIpc) is 2.35. The third kappa shape index (κ3) is 2.39. The normalized spacial score (nSPS) is 11.8. The Bertz CT molecular complexity index is 564. The monoisotopic (exact) mass is 254 g/mol. The summed E-state index contributed by atoms with van der Waals surface area (Å²) in [6.07, 6.45) is -4.31. The molecule has 0 saturated heterocycles. The predicted octanol–water partition coefficient (Wildman–Crippen LogP) is 3.71. The minimum absolute atomic E-state index is 0.498. The molecule has 0 radical (unpaired) electrons. The molecule has 1 aromatic carbocycles. The van der Waals surface area contributed by atoms with Gasteiger partial charge in [-0.15, -0.1) is 0 Å². The molecule has 0 N–H and O–H groups in total. The van der Waals surface area contributed by atoms with Crippen LogP contribution in [-0.4, -0.2) is 18.6 Å². The number of hydrogen-bond acceptors (Lipinski definition) is 2. The van der Waals surface area contributed by atoms with E-state index in [0.717, 1.165) is 24.5 Å². The highest BCUT2D eigenvalue weighted by atomic mass is 19.4. The van der Waals surface area contributed by atoms with E-state index in [1.54, 1.807) is 12.1 Å². The van der Waals surface area contributed by atoms with Crippen LogP contribution < -0.4 is 4.90 Å². The Morgan fingerprint density at radius 2 is 1.89 bits per heavy atom. The van der Waals surface area contributed by atoms with Crippen molar-refractivity contribution in [1.82, 2.24) is 4.98 Å².